The van der Waals surface area contributed by atoms with Crippen molar-refractivity contribution in [2.45, 2.75) is 39.8 Å². The Balaban J connectivity index is 1.56. The van der Waals surface area contributed by atoms with Gasteiger partial charge in [-0.25, -0.2) is 0 Å². The first-order valence-corrected chi connectivity index (χ1v) is 9.69. The van der Waals surface area contributed by atoms with Crippen LogP contribution in [-0.2, 0) is 12.1 Å². The molecule has 0 spiro atoms. The lowest BCUT2D eigenvalue weighted by molar-refractivity contribution is 0.0786. The molecule has 2 aromatic carbocycles. The summed E-state index contributed by atoms with van der Waals surface area (Å²) in [5, 5.41) is 14.2. The van der Waals surface area contributed by atoms with E-state index in [0.717, 1.165) is 28.9 Å². The van der Waals surface area contributed by atoms with Crippen molar-refractivity contribution >= 4 is 0 Å². The van der Waals surface area contributed by atoms with Crippen LogP contribution < -0.4 is 0 Å². The summed E-state index contributed by atoms with van der Waals surface area (Å²) < 4.78 is 7.70. The molecule has 0 radical (unpaired) electrons. The van der Waals surface area contributed by atoms with Gasteiger partial charge >= 0.3 is 0 Å². The minimum absolute atomic E-state index is 0.498. The van der Waals surface area contributed by atoms with Gasteiger partial charge in [0.2, 0.25) is 5.82 Å². The van der Waals surface area contributed by atoms with E-state index in [9.17, 15) is 5.11 Å². The Hall–Kier alpha value is -3.18. The van der Waals surface area contributed by atoms with Crippen molar-refractivity contribution < 1.29 is 9.63 Å². The average Bonchev–Trinajstić information content (AvgIpc) is 3.30. The molecule has 4 rings (SSSR count). The zero-order valence-electron chi connectivity index (χ0n) is 17.2. The summed E-state index contributed by atoms with van der Waals surface area (Å²) in [7, 11) is 0. The highest BCUT2D eigenvalue weighted by atomic mass is 16.5. The minimum atomic E-state index is -0.876. The van der Waals surface area contributed by atoms with Gasteiger partial charge in [0, 0.05) is 24.0 Å². The van der Waals surface area contributed by atoms with E-state index < -0.39 is 5.60 Å². The van der Waals surface area contributed by atoms with Crippen LogP contribution in [0.15, 0.2) is 65.3 Å². The van der Waals surface area contributed by atoms with Gasteiger partial charge in [0.25, 0.3) is 5.89 Å². The Labute approximate surface area is 170 Å². The SMILES string of the molecule is Cc1ccc(Cn2cc(-c3nc(-c4ccc(C(C)(C)O)cc4)no3)cc2C)cc1. The molecule has 0 aliphatic heterocycles. The van der Waals surface area contributed by atoms with Gasteiger partial charge < -0.3 is 14.2 Å². The molecule has 0 aliphatic carbocycles. The fourth-order valence-electron chi connectivity index (χ4n) is 3.28. The molecule has 29 heavy (non-hydrogen) atoms. The second kappa shape index (κ2) is 7.33. The third-order valence-corrected chi connectivity index (χ3v) is 5.11. The molecule has 4 aromatic rings. The maximum absolute atomic E-state index is 10.1. The maximum Gasteiger partial charge on any atom is 0.259 e. The third-order valence-electron chi connectivity index (χ3n) is 5.11. The molecular weight excluding hydrogens is 362 g/mol. The van der Waals surface area contributed by atoms with Crippen LogP contribution in [0.25, 0.3) is 22.8 Å². The first-order chi connectivity index (χ1) is 13.8. The van der Waals surface area contributed by atoms with Crippen LogP contribution in [0.3, 0.4) is 0 Å². The molecule has 0 unspecified atom stereocenters. The highest BCUT2D eigenvalue weighted by Crippen LogP contribution is 2.26. The van der Waals surface area contributed by atoms with E-state index in [1.165, 1.54) is 11.1 Å². The van der Waals surface area contributed by atoms with Gasteiger partial charge in [-0.3, -0.25) is 0 Å². The molecule has 0 saturated carbocycles. The molecule has 0 atom stereocenters. The van der Waals surface area contributed by atoms with Gasteiger partial charge in [-0.2, -0.15) is 4.98 Å². The Kier molecular flexibility index (Phi) is 4.84. The van der Waals surface area contributed by atoms with Crippen molar-refractivity contribution in [2.75, 3.05) is 0 Å². The predicted octanol–water partition coefficient (Wildman–Crippen LogP) is 5.10. The van der Waals surface area contributed by atoms with Gasteiger partial charge in [-0.1, -0.05) is 59.3 Å². The van der Waals surface area contributed by atoms with Crippen molar-refractivity contribution in [3.8, 4) is 22.8 Å². The largest absolute Gasteiger partial charge is 0.386 e. The van der Waals surface area contributed by atoms with Gasteiger partial charge in [-0.05, 0) is 44.9 Å². The van der Waals surface area contributed by atoms with Crippen molar-refractivity contribution in [1.82, 2.24) is 14.7 Å². The number of rotatable bonds is 5. The second-order valence-corrected chi connectivity index (χ2v) is 8.04. The molecule has 5 nitrogen and oxygen atoms in total. The van der Waals surface area contributed by atoms with E-state index in [1.54, 1.807) is 13.8 Å². The summed E-state index contributed by atoms with van der Waals surface area (Å²) >= 11 is 0. The van der Waals surface area contributed by atoms with Crippen molar-refractivity contribution in [1.29, 1.82) is 0 Å². The standard InChI is InChI=1S/C24H25N3O2/c1-16-5-7-18(8-6-16)14-27-15-20(13-17(27)2)23-25-22(26-29-23)19-9-11-21(12-10-19)24(3,4)28/h5-13,15,28H,14H2,1-4H3. The summed E-state index contributed by atoms with van der Waals surface area (Å²) in [4.78, 5) is 4.56. The van der Waals surface area contributed by atoms with Crippen LogP contribution >= 0.6 is 0 Å². The maximum atomic E-state index is 10.1. The van der Waals surface area contributed by atoms with Crippen molar-refractivity contribution in [3.63, 3.8) is 0 Å². The van der Waals surface area contributed by atoms with E-state index in [-0.39, 0.29) is 0 Å². The number of hydrogen-bond donors (Lipinski definition) is 1. The number of aromatic nitrogens is 3. The zero-order valence-corrected chi connectivity index (χ0v) is 17.2. The van der Waals surface area contributed by atoms with Gasteiger partial charge in [0.05, 0.1) is 11.2 Å². The van der Waals surface area contributed by atoms with E-state index >= 15 is 0 Å². The van der Waals surface area contributed by atoms with Crippen molar-refractivity contribution in [3.05, 3.63) is 83.2 Å². The Bertz CT molecular complexity index is 1110. The number of nitrogens with zero attached hydrogens (tertiary/aromatic N) is 3. The lowest BCUT2D eigenvalue weighted by Gasteiger charge is -2.17. The molecule has 0 bridgehead atoms. The number of aliphatic hydroxyl groups is 1. The Morgan fingerprint density at radius 2 is 1.66 bits per heavy atom. The lowest BCUT2D eigenvalue weighted by Crippen LogP contribution is -2.14. The number of benzene rings is 2. The first-order valence-electron chi connectivity index (χ1n) is 9.69. The van der Waals surface area contributed by atoms with E-state index in [4.69, 9.17) is 4.52 Å². The quantitative estimate of drug-likeness (QED) is 0.518. The van der Waals surface area contributed by atoms with Crippen LogP contribution in [0.4, 0.5) is 0 Å². The highest BCUT2D eigenvalue weighted by Gasteiger charge is 2.17. The Morgan fingerprint density at radius 3 is 2.31 bits per heavy atom. The fourth-order valence-corrected chi connectivity index (χ4v) is 3.28. The van der Waals surface area contributed by atoms with Crippen LogP contribution in [0, 0.1) is 13.8 Å². The van der Waals surface area contributed by atoms with Crippen LogP contribution in [0.1, 0.15) is 36.2 Å². The summed E-state index contributed by atoms with van der Waals surface area (Å²) in [6, 6.07) is 18.2. The summed E-state index contributed by atoms with van der Waals surface area (Å²) in [6.07, 6.45) is 2.05. The molecule has 0 amide bonds. The molecule has 1 N–H and O–H groups in total. The normalized spacial score (nSPS) is 11.8. The fraction of sp³-hybridized carbons (Fsp3) is 0.250. The monoisotopic (exact) mass is 387 g/mol. The molecule has 0 fully saturated rings. The summed E-state index contributed by atoms with van der Waals surface area (Å²) in [5.74, 6) is 1.03. The van der Waals surface area contributed by atoms with Crippen LogP contribution in [-0.4, -0.2) is 19.8 Å². The van der Waals surface area contributed by atoms with Gasteiger partial charge in [0.1, 0.15) is 0 Å². The van der Waals surface area contributed by atoms with E-state index in [1.807, 2.05) is 30.5 Å². The van der Waals surface area contributed by atoms with Crippen LogP contribution in [0.5, 0.6) is 0 Å². The second-order valence-electron chi connectivity index (χ2n) is 8.04. The van der Waals surface area contributed by atoms with Gasteiger partial charge in [-0.15, -0.1) is 0 Å². The molecule has 0 aliphatic rings. The zero-order chi connectivity index (χ0) is 20.6. The molecule has 2 aromatic heterocycles. The number of aryl methyl sites for hydroxylation is 2. The highest BCUT2D eigenvalue weighted by molar-refractivity contribution is 5.60. The predicted molar refractivity (Wildman–Crippen MR) is 113 cm³/mol. The number of hydrogen-bond acceptors (Lipinski definition) is 4. The average molecular weight is 387 g/mol. The third kappa shape index (κ3) is 4.15. The van der Waals surface area contributed by atoms with Crippen molar-refractivity contribution in [2.24, 2.45) is 0 Å². The van der Waals surface area contributed by atoms with E-state index in [2.05, 4.69) is 58.9 Å². The summed E-state index contributed by atoms with van der Waals surface area (Å²) in [5.41, 5.74) is 5.36. The lowest BCUT2D eigenvalue weighted by atomic mass is 9.97. The molecular formula is C24H25N3O2. The molecule has 2 heterocycles. The Morgan fingerprint density at radius 1 is 0.966 bits per heavy atom. The minimum Gasteiger partial charge on any atom is -0.386 e. The summed E-state index contributed by atoms with van der Waals surface area (Å²) in [6.45, 7) is 8.49. The van der Waals surface area contributed by atoms with Crippen LogP contribution in [0.2, 0.25) is 0 Å². The molecule has 5 heteroatoms. The van der Waals surface area contributed by atoms with E-state index in [0.29, 0.717) is 11.7 Å². The topological polar surface area (TPSA) is 64.1 Å². The first kappa shape index (κ1) is 19.2. The molecule has 148 valence electrons. The smallest absolute Gasteiger partial charge is 0.259 e. The van der Waals surface area contributed by atoms with Gasteiger partial charge in [0.15, 0.2) is 0 Å². The molecule has 0 saturated heterocycles.